The van der Waals surface area contributed by atoms with Gasteiger partial charge in [0.1, 0.15) is 19.0 Å². The van der Waals surface area contributed by atoms with Gasteiger partial charge >= 0.3 is 0 Å². The Morgan fingerprint density at radius 1 is 1.26 bits per heavy atom. The van der Waals surface area contributed by atoms with Crippen LogP contribution in [0.5, 0.6) is 5.75 Å². The molecule has 0 amide bonds. The summed E-state index contributed by atoms with van der Waals surface area (Å²) in [7, 11) is 2.10. The van der Waals surface area contributed by atoms with Gasteiger partial charge in [-0.2, -0.15) is 11.8 Å². The lowest BCUT2D eigenvalue weighted by Gasteiger charge is -2.16. The predicted molar refractivity (Wildman–Crippen MR) is 81.8 cm³/mol. The lowest BCUT2D eigenvalue weighted by Crippen LogP contribution is -2.26. The van der Waals surface area contributed by atoms with Crippen molar-refractivity contribution in [3.05, 3.63) is 29.8 Å². The third kappa shape index (κ3) is 7.12. The molecular formula is C15H21NO2S. The zero-order valence-corrected chi connectivity index (χ0v) is 12.4. The molecule has 0 aliphatic heterocycles. The quantitative estimate of drug-likeness (QED) is 0.770. The Morgan fingerprint density at radius 2 is 2.00 bits per heavy atom. The largest absolute Gasteiger partial charge is 0.492 e. The van der Waals surface area contributed by atoms with Crippen LogP contribution in [0.15, 0.2) is 24.3 Å². The van der Waals surface area contributed by atoms with Crippen LogP contribution in [0.1, 0.15) is 5.56 Å². The van der Waals surface area contributed by atoms with Gasteiger partial charge in [0.2, 0.25) is 0 Å². The van der Waals surface area contributed by atoms with Crippen LogP contribution in [-0.4, -0.2) is 55.4 Å². The smallest absolute Gasteiger partial charge is 0.119 e. The lowest BCUT2D eigenvalue weighted by molar-refractivity contribution is 0.245. The molecule has 0 saturated carbocycles. The van der Waals surface area contributed by atoms with Crippen molar-refractivity contribution in [2.75, 3.05) is 45.4 Å². The zero-order valence-electron chi connectivity index (χ0n) is 11.6. The monoisotopic (exact) mass is 279 g/mol. The van der Waals surface area contributed by atoms with Crippen LogP contribution in [-0.2, 0) is 0 Å². The first kappa shape index (κ1) is 15.9. The molecule has 0 heterocycles. The summed E-state index contributed by atoms with van der Waals surface area (Å²) in [4.78, 5) is 2.26. The van der Waals surface area contributed by atoms with E-state index in [2.05, 4.69) is 30.0 Å². The van der Waals surface area contributed by atoms with E-state index in [4.69, 9.17) is 9.84 Å². The first-order chi connectivity index (χ1) is 9.26. The molecule has 0 aliphatic carbocycles. The highest BCUT2D eigenvalue weighted by molar-refractivity contribution is 7.98. The molecule has 3 nitrogen and oxygen atoms in total. The van der Waals surface area contributed by atoms with Crippen molar-refractivity contribution in [3.8, 4) is 17.6 Å². The van der Waals surface area contributed by atoms with Gasteiger partial charge in [-0.25, -0.2) is 0 Å². The fourth-order valence-electron chi connectivity index (χ4n) is 1.45. The van der Waals surface area contributed by atoms with Gasteiger partial charge in [0.15, 0.2) is 0 Å². The third-order valence-electron chi connectivity index (χ3n) is 2.58. The molecule has 1 rings (SSSR count). The van der Waals surface area contributed by atoms with Crippen molar-refractivity contribution in [2.45, 2.75) is 0 Å². The fourth-order valence-corrected chi connectivity index (χ4v) is 1.95. The molecule has 1 aromatic carbocycles. The second-order valence-electron chi connectivity index (χ2n) is 4.13. The second kappa shape index (κ2) is 9.74. The van der Waals surface area contributed by atoms with Crippen LogP contribution in [0.25, 0.3) is 0 Å². The summed E-state index contributed by atoms with van der Waals surface area (Å²) >= 11 is 1.85. The summed E-state index contributed by atoms with van der Waals surface area (Å²) in [5.74, 6) is 7.47. The number of aliphatic hydroxyl groups excluding tert-OH is 1. The number of nitrogens with zero attached hydrogens (tertiary/aromatic N) is 1. The molecule has 0 spiro atoms. The minimum Gasteiger partial charge on any atom is -0.492 e. The molecule has 0 aromatic heterocycles. The zero-order chi connectivity index (χ0) is 13.9. The summed E-state index contributed by atoms with van der Waals surface area (Å²) in [5, 5.41) is 8.61. The molecule has 0 atom stereocenters. The van der Waals surface area contributed by atoms with E-state index in [0.717, 1.165) is 30.2 Å². The minimum absolute atomic E-state index is 0.110. The lowest BCUT2D eigenvalue weighted by atomic mass is 10.2. The Morgan fingerprint density at radius 3 is 2.63 bits per heavy atom. The Balaban J connectivity index is 2.30. The van der Waals surface area contributed by atoms with E-state index in [-0.39, 0.29) is 6.61 Å². The van der Waals surface area contributed by atoms with E-state index in [1.54, 1.807) is 0 Å². The maximum absolute atomic E-state index is 8.61. The normalized spacial score (nSPS) is 10.1. The number of benzene rings is 1. The number of hydrogen-bond acceptors (Lipinski definition) is 4. The van der Waals surface area contributed by atoms with Gasteiger partial charge in [-0.1, -0.05) is 11.8 Å². The van der Waals surface area contributed by atoms with Gasteiger partial charge in [-0.05, 0) is 37.6 Å². The number of aliphatic hydroxyl groups is 1. The molecule has 0 fully saturated rings. The van der Waals surface area contributed by atoms with Crippen molar-refractivity contribution in [3.63, 3.8) is 0 Å². The molecule has 104 valence electrons. The van der Waals surface area contributed by atoms with E-state index >= 15 is 0 Å². The van der Waals surface area contributed by atoms with Crippen molar-refractivity contribution < 1.29 is 9.84 Å². The SMILES string of the molecule is CSCCN(C)CCOc1ccc(C#CCO)cc1. The van der Waals surface area contributed by atoms with Gasteiger partial charge in [-0.15, -0.1) is 0 Å². The third-order valence-corrected chi connectivity index (χ3v) is 3.18. The predicted octanol–water partition coefficient (Wildman–Crippen LogP) is 1.70. The van der Waals surface area contributed by atoms with Crippen molar-refractivity contribution in [1.29, 1.82) is 0 Å². The highest BCUT2D eigenvalue weighted by Gasteiger charge is 1.98. The van der Waals surface area contributed by atoms with Crippen LogP contribution < -0.4 is 4.74 Å². The van der Waals surface area contributed by atoms with E-state index in [1.165, 1.54) is 0 Å². The highest BCUT2D eigenvalue weighted by Crippen LogP contribution is 2.11. The molecule has 19 heavy (non-hydrogen) atoms. The van der Waals surface area contributed by atoms with E-state index in [9.17, 15) is 0 Å². The van der Waals surface area contributed by atoms with Crippen molar-refractivity contribution in [1.82, 2.24) is 4.90 Å². The van der Waals surface area contributed by atoms with E-state index < -0.39 is 0 Å². The van der Waals surface area contributed by atoms with Crippen LogP contribution in [0.3, 0.4) is 0 Å². The highest BCUT2D eigenvalue weighted by atomic mass is 32.2. The van der Waals surface area contributed by atoms with Gasteiger partial charge < -0.3 is 14.7 Å². The maximum Gasteiger partial charge on any atom is 0.119 e. The molecular weight excluding hydrogens is 258 g/mol. The van der Waals surface area contributed by atoms with Crippen LogP contribution in [0.2, 0.25) is 0 Å². The van der Waals surface area contributed by atoms with Crippen LogP contribution in [0.4, 0.5) is 0 Å². The molecule has 0 aliphatic rings. The summed E-state index contributed by atoms with van der Waals surface area (Å²) in [6.07, 6.45) is 2.12. The standard InChI is InChI=1S/C15H21NO2S/c1-16(10-13-19-2)9-12-18-15-7-5-14(6-8-15)4-3-11-17/h5-8,17H,9-13H2,1-2H3. The topological polar surface area (TPSA) is 32.7 Å². The molecule has 0 bridgehead atoms. The molecule has 0 unspecified atom stereocenters. The van der Waals surface area contributed by atoms with Crippen LogP contribution in [0, 0.1) is 11.8 Å². The Bertz CT molecular complexity index is 408. The second-order valence-corrected chi connectivity index (χ2v) is 5.11. The van der Waals surface area contributed by atoms with Gasteiger partial charge in [0.25, 0.3) is 0 Å². The Labute approximate surface area is 120 Å². The van der Waals surface area contributed by atoms with Crippen molar-refractivity contribution >= 4 is 11.8 Å². The number of rotatable bonds is 7. The summed E-state index contributed by atoms with van der Waals surface area (Å²) in [6, 6.07) is 7.61. The van der Waals surface area contributed by atoms with E-state index in [0.29, 0.717) is 6.61 Å². The number of likely N-dealkylation sites (N-methyl/N-ethyl adjacent to an activating group) is 1. The first-order valence-electron chi connectivity index (χ1n) is 6.26. The molecule has 1 N–H and O–H groups in total. The average molecular weight is 279 g/mol. The number of hydrogen-bond donors (Lipinski definition) is 1. The Kier molecular flexibility index (Phi) is 8.15. The summed E-state index contributed by atoms with van der Waals surface area (Å²) < 4.78 is 5.67. The van der Waals surface area contributed by atoms with Crippen LogP contribution >= 0.6 is 11.8 Å². The molecule has 1 aromatic rings. The minimum atomic E-state index is -0.110. The molecule has 0 saturated heterocycles. The number of ether oxygens (including phenoxy) is 1. The Hall–Kier alpha value is -1.15. The summed E-state index contributed by atoms with van der Waals surface area (Å²) in [6.45, 7) is 2.58. The van der Waals surface area contributed by atoms with Gasteiger partial charge in [-0.3, -0.25) is 0 Å². The maximum atomic E-state index is 8.61. The van der Waals surface area contributed by atoms with Crippen molar-refractivity contribution in [2.24, 2.45) is 0 Å². The molecule has 0 radical (unpaired) electrons. The van der Waals surface area contributed by atoms with E-state index in [1.807, 2.05) is 36.0 Å². The summed E-state index contributed by atoms with van der Waals surface area (Å²) in [5.41, 5.74) is 0.887. The number of thioether (sulfide) groups is 1. The van der Waals surface area contributed by atoms with Gasteiger partial charge in [0, 0.05) is 24.4 Å². The fraction of sp³-hybridized carbons (Fsp3) is 0.467. The average Bonchev–Trinajstić information content (AvgIpc) is 2.44. The first-order valence-corrected chi connectivity index (χ1v) is 7.65. The van der Waals surface area contributed by atoms with Gasteiger partial charge in [0.05, 0.1) is 0 Å². The molecule has 4 heteroatoms.